The predicted octanol–water partition coefficient (Wildman–Crippen LogP) is 1.26. The van der Waals surface area contributed by atoms with Gasteiger partial charge in [-0.3, -0.25) is 19.2 Å². The normalized spacial score (nSPS) is 17.1. The van der Waals surface area contributed by atoms with Gasteiger partial charge in [-0.05, 0) is 50.8 Å². The van der Waals surface area contributed by atoms with Crippen LogP contribution in [-0.4, -0.2) is 124 Å². The molecule has 0 aliphatic carbocycles. The van der Waals surface area contributed by atoms with E-state index < -0.39 is 54.4 Å². The van der Waals surface area contributed by atoms with E-state index in [1.807, 2.05) is 13.0 Å². The van der Waals surface area contributed by atoms with Crippen molar-refractivity contribution in [1.82, 2.24) is 25.0 Å². The van der Waals surface area contributed by atoms with Crippen LogP contribution in [0.15, 0.2) is 24.3 Å². The van der Waals surface area contributed by atoms with Crippen LogP contribution in [0.3, 0.4) is 0 Å². The number of amides is 4. The van der Waals surface area contributed by atoms with E-state index in [-0.39, 0.29) is 57.1 Å². The maximum Gasteiger partial charge on any atom is 0.409 e. The van der Waals surface area contributed by atoms with E-state index in [0.29, 0.717) is 30.3 Å². The zero-order valence-corrected chi connectivity index (χ0v) is 25.2. The maximum atomic E-state index is 13.5. The van der Waals surface area contributed by atoms with Crippen LogP contribution in [0.4, 0.5) is 4.79 Å². The molecule has 2 unspecified atom stereocenters. The third-order valence-electron chi connectivity index (χ3n) is 7.74. The van der Waals surface area contributed by atoms with Crippen molar-refractivity contribution in [3.63, 3.8) is 0 Å². The van der Waals surface area contributed by atoms with Crippen LogP contribution in [0.2, 0.25) is 0 Å². The summed E-state index contributed by atoms with van der Waals surface area (Å²) in [5, 5.41) is 21.8. The monoisotopic (exact) mass is 627 g/mol. The Labute approximate surface area is 259 Å². The van der Waals surface area contributed by atoms with Gasteiger partial charge >= 0.3 is 18.0 Å². The van der Waals surface area contributed by atoms with E-state index in [9.17, 15) is 39.0 Å². The molecule has 4 amide bonds. The highest BCUT2D eigenvalue weighted by molar-refractivity contribution is 5.99. The number of piperazine rings is 1. The zero-order chi connectivity index (χ0) is 32.7. The van der Waals surface area contributed by atoms with Gasteiger partial charge in [-0.2, -0.15) is 0 Å². The molecule has 1 aromatic carbocycles. The standard InChI is InChI=1S/C30H37N5O10/c1-3-44-30(43)34-13-11-33(12-14-34)28(40)20(8-9-26(37)38)32-27(39)22-16-24(19-7-6-18(2)15-21(19)31-22)45-17-25(36)35-10-4-5-23(35)29(41)42/h6-7,15-16,20,23H,3-5,8-14,17H2,1-2H3,(H,32,39)(H,37,38)(H,41,42). The number of fused-ring (bicyclic) bond motifs is 1. The number of carbonyl (C=O) groups excluding carboxylic acids is 4. The predicted molar refractivity (Wildman–Crippen MR) is 158 cm³/mol. The summed E-state index contributed by atoms with van der Waals surface area (Å²) in [4.78, 5) is 83.3. The molecule has 3 heterocycles. The molecule has 1 aromatic heterocycles. The van der Waals surface area contributed by atoms with Crippen LogP contribution in [-0.2, 0) is 23.9 Å². The molecule has 0 saturated carbocycles. The van der Waals surface area contributed by atoms with E-state index in [0.717, 1.165) is 5.56 Å². The lowest BCUT2D eigenvalue weighted by Crippen LogP contribution is -2.56. The number of rotatable bonds is 11. The Bertz CT molecular complexity index is 1470. The minimum absolute atomic E-state index is 0.125. The Kier molecular flexibility index (Phi) is 10.8. The molecule has 2 saturated heterocycles. The number of benzene rings is 1. The van der Waals surface area contributed by atoms with Gasteiger partial charge in [-0.1, -0.05) is 6.07 Å². The molecule has 15 heteroatoms. The van der Waals surface area contributed by atoms with Crippen LogP contribution in [0.1, 0.15) is 48.7 Å². The van der Waals surface area contributed by atoms with Gasteiger partial charge in [0.25, 0.3) is 11.8 Å². The number of aliphatic carboxylic acids is 2. The summed E-state index contributed by atoms with van der Waals surface area (Å²) < 4.78 is 10.8. The van der Waals surface area contributed by atoms with Gasteiger partial charge in [-0.25, -0.2) is 14.6 Å². The summed E-state index contributed by atoms with van der Waals surface area (Å²) in [6.07, 6.45) is -0.129. The van der Waals surface area contributed by atoms with Crippen LogP contribution in [0, 0.1) is 6.92 Å². The van der Waals surface area contributed by atoms with Crippen LogP contribution >= 0.6 is 0 Å². The van der Waals surface area contributed by atoms with Gasteiger partial charge in [0.2, 0.25) is 5.91 Å². The molecular formula is C30H37N5O10. The third kappa shape index (κ3) is 8.16. The van der Waals surface area contributed by atoms with Crippen molar-refractivity contribution < 1.29 is 48.5 Å². The number of pyridine rings is 1. The quantitative estimate of drug-likeness (QED) is 0.324. The van der Waals surface area contributed by atoms with E-state index in [2.05, 4.69) is 10.3 Å². The van der Waals surface area contributed by atoms with Crippen molar-refractivity contribution in [2.24, 2.45) is 0 Å². The smallest absolute Gasteiger partial charge is 0.409 e. The van der Waals surface area contributed by atoms with Crippen molar-refractivity contribution in [1.29, 1.82) is 0 Å². The molecule has 4 rings (SSSR count). The molecule has 15 nitrogen and oxygen atoms in total. The molecule has 242 valence electrons. The fourth-order valence-corrected chi connectivity index (χ4v) is 5.39. The highest BCUT2D eigenvalue weighted by Gasteiger charge is 2.34. The Morgan fingerprint density at radius 1 is 1.02 bits per heavy atom. The number of nitrogens with one attached hydrogen (secondary N) is 1. The van der Waals surface area contributed by atoms with Gasteiger partial charge in [0.05, 0.1) is 12.1 Å². The number of hydrogen-bond donors (Lipinski definition) is 3. The van der Waals surface area contributed by atoms with Crippen LogP contribution < -0.4 is 10.1 Å². The van der Waals surface area contributed by atoms with E-state index >= 15 is 0 Å². The average Bonchev–Trinajstić information content (AvgIpc) is 3.52. The third-order valence-corrected chi connectivity index (χ3v) is 7.74. The number of carbonyl (C=O) groups is 6. The van der Waals surface area contributed by atoms with Gasteiger partial charge in [0.1, 0.15) is 23.5 Å². The van der Waals surface area contributed by atoms with Crippen molar-refractivity contribution in [2.45, 2.75) is 51.6 Å². The van der Waals surface area contributed by atoms with Gasteiger partial charge in [-0.15, -0.1) is 0 Å². The van der Waals surface area contributed by atoms with Gasteiger partial charge in [0, 0.05) is 50.6 Å². The SMILES string of the molecule is CCOC(=O)N1CCN(C(=O)C(CCC(=O)O)NC(=O)c2cc(OCC(=O)N3CCCC3C(=O)O)c3ccc(C)cc3n2)CC1. The Morgan fingerprint density at radius 2 is 1.73 bits per heavy atom. The summed E-state index contributed by atoms with van der Waals surface area (Å²) in [7, 11) is 0. The van der Waals surface area contributed by atoms with Crippen molar-refractivity contribution in [3.05, 3.63) is 35.5 Å². The van der Waals surface area contributed by atoms with Crippen LogP contribution in [0.25, 0.3) is 10.9 Å². The number of carboxylic acids is 2. The second kappa shape index (κ2) is 14.7. The minimum Gasteiger partial charge on any atom is -0.483 e. The summed E-state index contributed by atoms with van der Waals surface area (Å²) in [5.74, 6) is -3.83. The fourth-order valence-electron chi connectivity index (χ4n) is 5.39. The number of aromatic nitrogens is 1. The van der Waals surface area contributed by atoms with Crippen molar-refractivity contribution in [2.75, 3.05) is 45.9 Å². The highest BCUT2D eigenvalue weighted by Crippen LogP contribution is 2.27. The first-order chi connectivity index (χ1) is 21.5. The molecule has 2 atom stereocenters. The average molecular weight is 628 g/mol. The summed E-state index contributed by atoms with van der Waals surface area (Å²) >= 11 is 0. The van der Waals surface area contributed by atoms with Crippen molar-refractivity contribution in [3.8, 4) is 5.75 Å². The van der Waals surface area contributed by atoms with E-state index in [4.69, 9.17) is 9.47 Å². The number of ether oxygens (including phenoxy) is 2. The molecule has 2 aliphatic rings. The lowest BCUT2D eigenvalue weighted by Gasteiger charge is -2.35. The second-order valence-electron chi connectivity index (χ2n) is 10.9. The number of likely N-dealkylation sites (tertiary alicyclic amines) is 1. The Hall–Kier alpha value is -4.95. The van der Waals surface area contributed by atoms with Crippen molar-refractivity contribution >= 4 is 46.7 Å². The summed E-state index contributed by atoms with van der Waals surface area (Å²) in [6, 6.07) is 4.47. The van der Waals surface area contributed by atoms with Gasteiger partial charge < -0.3 is 39.7 Å². The van der Waals surface area contributed by atoms with Crippen LogP contribution in [0.5, 0.6) is 5.75 Å². The second-order valence-corrected chi connectivity index (χ2v) is 10.9. The van der Waals surface area contributed by atoms with E-state index in [1.165, 1.54) is 20.8 Å². The Morgan fingerprint density at radius 3 is 2.40 bits per heavy atom. The first-order valence-electron chi connectivity index (χ1n) is 14.8. The molecule has 0 radical (unpaired) electrons. The lowest BCUT2D eigenvalue weighted by molar-refractivity contribution is -0.148. The molecule has 2 fully saturated rings. The topological polar surface area (TPSA) is 196 Å². The molecule has 2 aromatic rings. The number of hydrogen-bond acceptors (Lipinski definition) is 9. The first-order valence-corrected chi connectivity index (χ1v) is 14.8. The van der Waals surface area contributed by atoms with E-state index in [1.54, 1.807) is 19.1 Å². The number of aryl methyl sites for hydroxylation is 1. The zero-order valence-electron chi connectivity index (χ0n) is 25.2. The molecule has 2 aliphatic heterocycles. The molecule has 0 bridgehead atoms. The summed E-state index contributed by atoms with van der Waals surface area (Å²) in [5.41, 5.74) is 1.10. The number of carboxylic acid groups (broad SMARTS) is 2. The summed E-state index contributed by atoms with van der Waals surface area (Å²) in [6.45, 7) is 4.38. The fraction of sp³-hybridized carbons (Fsp3) is 0.500. The molecular weight excluding hydrogens is 590 g/mol. The molecule has 45 heavy (non-hydrogen) atoms. The Balaban J connectivity index is 1.52. The minimum atomic E-state index is -1.19. The number of nitrogens with zero attached hydrogens (tertiary/aromatic N) is 4. The molecule has 3 N–H and O–H groups in total. The van der Waals surface area contributed by atoms with Gasteiger partial charge in [0.15, 0.2) is 6.61 Å². The first kappa shape index (κ1) is 33.0. The molecule has 0 spiro atoms. The lowest BCUT2D eigenvalue weighted by atomic mass is 10.1. The maximum absolute atomic E-state index is 13.5. The largest absolute Gasteiger partial charge is 0.483 e. The highest BCUT2D eigenvalue weighted by atomic mass is 16.6.